The molecule has 7 nitrogen and oxygen atoms in total. The van der Waals surface area contributed by atoms with Crippen molar-refractivity contribution >= 4 is 57.4 Å². The zero-order valence-corrected chi connectivity index (χ0v) is 14.7. The molecule has 3 aromatic rings. The van der Waals surface area contributed by atoms with Gasteiger partial charge >= 0.3 is 11.7 Å². The molecule has 0 aliphatic heterocycles. The van der Waals surface area contributed by atoms with Gasteiger partial charge in [0.1, 0.15) is 22.5 Å². The van der Waals surface area contributed by atoms with E-state index in [9.17, 15) is 9.59 Å². The number of carbonyl (C=O) groups excluding carboxylic acids is 1. The summed E-state index contributed by atoms with van der Waals surface area (Å²) in [7, 11) is 0. The molecule has 4 N–H and O–H groups in total. The van der Waals surface area contributed by atoms with Crippen molar-refractivity contribution < 1.29 is 14.5 Å². The number of nitrogens with zero attached hydrogens (tertiary/aromatic N) is 1. The van der Waals surface area contributed by atoms with Gasteiger partial charge in [0.2, 0.25) is 0 Å². The quantitative estimate of drug-likeness (QED) is 0.518. The van der Waals surface area contributed by atoms with Crippen LogP contribution in [0, 0.1) is 0 Å². The summed E-state index contributed by atoms with van der Waals surface area (Å²) in [6.07, 6.45) is 0. The maximum absolute atomic E-state index is 12.2. The van der Waals surface area contributed by atoms with Crippen LogP contribution in [0.15, 0.2) is 29.1 Å². The predicted molar refractivity (Wildman–Crippen MR) is 93.9 cm³/mol. The van der Waals surface area contributed by atoms with Gasteiger partial charge in [-0.3, -0.25) is 4.79 Å². The number of H-pyrrole nitrogens is 2. The van der Waals surface area contributed by atoms with E-state index in [0.717, 1.165) is 0 Å². The molecule has 3 rings (SSSR count). The topological polar surface area (TPSA) is 112 Å². The number of hydrogen-bond donors (Lipinski definition) is 2. The lowest BCUT2D eigenvalue weighted by atomic mass is 10.2. The molecule has 2 heterocycles. The third-order valence-corrected chi connectivity index (χ3v) is 4.49. The minimum Gasteiger partial charge on any atom is -0.450 e. The van der Waals surface area contributed by atoms with Crippen LogP contribution in [0.1, 0.15) is 16.3 Å². The van der Waals surface area contributed by atoms with E-state index in [0.29, 0.717) is 10.9 Å². The zero-order valence-electron chi connectivity index (χ0n) is 12.4. The lowest BCUT2D eigenvalue weighted by Gasteiger charge is -2.05. The van der Waals surface area contributed by atoms with Gasteiger partial charge in [0.05, 0.1) is 16.6 Å². The number of nitrogens with one attached hydrogen (secondary N) is 2. The molecule has 25 heavy (non-hydrogen) atoms. The standard InChI is InChI=1S/C15H9Cl3N4O3/c16-9-11(19)10(17)13(18)22-12(9)15(24)25-5-8-20-7-4-2-1-3-6(7)14(23)21-8/h1-4H,5H2,(H2,19,22)(H,20,21,23)/p+1. The number of rotatable bonds is 3. The first-order valence-corrected chi connectivity index (χ1v) is 8.02. The van der Waals surface area contributed by atoms with Crippen LogP contribution in [-0.4, -0.2) is 15.9 Å². The van der Waals surface area contributed by atoms with Crippen molar-refractivity contribution in [3.63, 3.8) is 0 Å². The van der Waals surface area contributed by atoms with E-state index in [-0.39, 0.29) is 44.6 Å². The summed E-state index contributed by atoms with van der Waals surface area (Å²) in [6.45, 7) is -0.275. The number of para-hydroxylation sites is 1. The molecule has 0 atom stereocenters. The largest absolute Gasteiger partial charge is 0.450 e. The van der Waals surface area contributed by atoms with Gasteiger partial charge in [0.15, 0.2) is 0 Å². The van der Waals surface area contributed by atoms with Crippen LogP contribution in [0.3, 0.4) is 0 Å². The Labute approximate surface area is 155 Å². The molecule has 128 valence electrons. The van der Waals surface area contributed by atoms with Gasteiger partial charge in [-0.25, -0.2) is 9.78 Å². The monoisotopic (exact) mass is 399 g/mol. The minimum absolute atomic E-state index is 0.00347. The van der Waals surface area contributed by atoms with E-state index in [1.807, 2.05) is 0 Å². The van der Waals surface area contributed by atoms with Gasteiger partial charge in [0, 0.05) is 0 Å². The van der Waals surface area contributed by atoms with Crippen molar-refractivity contribution in [3.05, 3.63) is 61.3 Å². The molecular weight excluding hydrogens is 391 g/mol. The van der Waals surface area contributed by atoms with Gasteiger partial charge in [0.25, 0.3) is 10.7 Å². The minimum atomic E-state index is -0.828. The number of esters is 1. The number of ether oxygens (including phenoxy) is 1. The van der Waals surface area contributed by atoms with Crippen LogP contribution < -0.4 is 16.3 Å². The summed E-state index contributed by atoms with van der Waals surface area (Å²) < 4.78 is 5.10. The lowest BCUT2D eigenvalue weighted by Crippen LogP contribution is -2.23. The summed E-state index contributed by atoms with van der Waals surface area (Å²) >= 11 is 17.7. The van der Waals surface area contributed by atoms with E-state index < -0.39 is 5.97 Å². The van der Waals surface area contributed by atoms with E-state index >= 15 is 0 Å². The number of hydrogen-bond acceptors (Lipinski definition) is 5. The van der Waals surface area contributed by atoms with E-state index in [1.54, 1.807) is 24.3 Å². The van der Waals surface area contributed by atoms with Crippen molar-refractivity contribution in [2.45, 2.75) is 6.61 Å². The number of nitrogens with two attached hydrogens (primary N) is 1. The summed E-state index contributed by atoms with van der Waals surface area (Å²) in [6, 6.07) is 6.80. The molecule has 0 amide bonds. The molecule has 0 saturated carbocycles. The Morgan fingerprint density at radius 3 is 2.72 bits per heavy atom. The number of benzene rings is 1. The van der Waals surface area contributed by atoms with Crippen molar-refractivity contribution in [2.24, 2.45) is 0 Å². The van der Waals surface area contributed by atoms with Gasteiger partial charge in [-0.05, 0) is 23.7 Å². The van der Waals surface area contributed by atoms with E-state index in [1.165, 1.54) is 0 Å². The molecule has 10 heteroatoms. The lowest BCUT2D eigenvalue weighted by molar-refractivity contribution is -0.380. The van der Waals surface area contributed by atoms with Crippen LogP contribution in [0.5, 0.6) is 0 Å². The van der Waals surface area contributed by atoms with Crippen molar-refractivity contribution in [1.29, 1.82) is 0 Å². The molecule has 0 bridgehead atoms. The highest BCUT2D eigenvalue weighted by Gasteiger charge is 2.27. The Morgan fingerprint density at radius 1 is 1.24 bits per heavy atom. The number of carbonyl (C=O) groups is 1. The van der Waals surface area contributed by atoms with Crippen LogP contribution >= 0.6 is 34.8 Å². The number of pyridine rings is 1. The van der Waals surface area contributed by atoms with E-state index in [2.05, 4.69) is 15.0 Å². The molecular formula is C15H10Cl3N4O3+. The second kappa shape index (κ2) is 6.87. The van der Waals surface area contributed by atoms with Gasteiger partial charge in [-0.1, -0.05) is 35.3 Å². The Balaban J connectivity index is 1.85. The highest BCUT2D eigenvalue weighted by molar-refractivity contribution is 6.45. The normalized spacial score (nSPS) is 10.8. The number of aromatic amines is 2. The Morgan fingerprint density at radius 2 is 1.96 bits per heavy atom. The Kier molecular flexibility index (Phi) is 4.80. The van der Waals surface area contributed by atoms with Crippen molar-refractivity contribution in [1.82, 2.24) is 9.97 Å². The Hall–Kier alpha value is -2.35. The van der Waals surface area contributed by atoms with Gasteiger partial charge < -0.3 is 15.5 Å². The molecule has 2 aromatic heterocycles. The zero-order chi connectivity index (χ0) is 18.1. The first-order valence-electron chi connectivity index (χ1n) is 6.88. The maximum Gasteiger partial charge on any atom is 0.405 e. The number of anilines is 1. The summed E-state index contributed by atoms with van der Waals surface area (Å²) in [4.78, 5) is 33.5. The maximum atomic E-state index is 12.2. The van der Waals surface area contributed by atoms with E-state index in [4.69, 9.17) is 45.3 Å². The highest BCUT2D eigenvalue weighted by Crippen LogP contribution is 2.32. The molecule has 0 aliphatic carbocycles. The molecule has 0 aliphatic rings. The fraction of sp³-hybridized carbons (Fsp3) is 0.0667. The third-order valence-electron chi connectivity index (χ3n) is 3.33. The second-order valence-electron chi connectivity index (χ2n) is 4.96. The number of fused-ring (bicyclic) bond motifs is 1. The fourth-order valence-electron chi connectivity index (χ4n) is 2.12. The highest BCUT2D eigenvalue weighted by atomic mass is 35.5. The number of halogens is 3. The fourth-order valence-corrected chi connectivity index (χ4v) is 2.72. The second-order valence-corrected chi connectivity index (χ2v) is 6.10. The third kappa shape index (κ3) is 3.39. The average molecular weight is 401 g/mol. The van der Waals surface area contributed by atoms with Crippen LogP contribution in [-0.2, 0) is 11.3 Å². The average Bonchev–Trinajstić information content (AvgIpc) is 2.61. The summed E-state index contributed by atoms with van der Waals surface area (Å²) in [5.41, 5.74) is 5.63. The molecule has 0 unspecified atom stereocenters. The molecule has 0 spiro atoms. The SMILES string of the molecule is Nc1c(Cl)c(Cl)[nH+]c(C(=O)OCc2nc3ccccc3c(=O)[nH]2)c1Cl. The first-order chi connectivity index (χ1) is 11.9. The van der Waals surface area contributed by atoms with Crippen LogP contribution in [0.25, 0.3) is 10.9 Å². The Bertz CT molecular complexity index is 1050. The van der Waals surface area contributed by atoms with Crippen LogP contribution in [0.4, 0.5) is 5.69 Å². The summed E-state index contributed by atoms with van der Waals surface area (Å²) in [5.74, 6) is -0.646. The molecule has 0 saturated heterocycles. The van der Waals surface area contributed by atoms with Crippen molar-refractivity contribution in [2.75, 3.05) is 5.73 Å². The molecule has 0 radical (unpaired) electrons. The predicted octanol–water partition coefficient (Wildman–Crippen LogP) is 2.64. The molecule has 1 aromatic carbocycles. The smallest absolute Gasteiger partial charge is 0.405 e. The van der Waals surface area contributed by atoms with Gasteiger partial charge in [-0.2, -0.15) is 4.98 Å². The van der Waals surface area contributed by atoms with Gasteiger partial charge in [-0.15, -0.1) is 0 Å². The number of nitrogen functional groups attached to an aromatic ring is 1. The number of aromatic nitrogens is 3. The first kappa shape index (κ1) is 17.5. The van der Waals surface area contributed by atoms with Crippen LogP contribution in [0.2, 0.25) is 15.2 Å². The van der Waals surface area contributed by atoms with Crippen molar-refractivity contribution in [3.8, 4) is 0 Å². The summed E-state index contributed by atoms with van der Waals surface area (Å²) in [5, 5.41) is 0.280. The molecule has 0 fully saturated rings.